The van der Waals surface area contributed by atoms with Crippen LogP contribution in [0.25, 0.3) is 5.82 Å². The van der Waals surface area contributed by atoms with Gasteiger partial charge >= 0.3 is 0 Å². The summed E-state index contributed by atoms with van der Waals surface area (Å²) in [5, 5.41) is 4.07. The Balaban J connectivity index is 1.89. The van der Waals surface area contributed by atoms with E-state index >= 15 is 0 Å². The number of pyridine rings is 1. The van der Waals surface area contributed by atoms with Crippen LogP contribution < -0.4 is 14.2 Å². The minimum absolute atomic E-state index is 0.0197. The minimum atomic E-state index is -3.86. The molecule has 0 atom stereocenters. The maximum atomic E-state index is 12.7. The van der Waals surface area contributed by atoms with E-state index in [0.717, 1.165) is 0 Å². The van der Waals surface area contributed by atoms with Crippen LogP contribution in [0.1, 0.15) is 0 Å². The van der Waals surface area contributed by atoms with Gasteiger partial charge in [0, 0.05) is 22.9 Å². The van der Waals surface area contributed by atoms with E-state index in [4.69, 9.17) is 9.47 Å². The summed E-state index contributed by atoms with van der Waals surface area (Å²) in [5.74, 6) is 1.30. The molecule has 0 radical (unpaired) electrons. The molecule has 1 N–H and O–H groups in total. The molecule has 2 aromatic heterocycles. The van der Waals surface area contributed by atoms with Gasteiger partial charge in [-0.3, -0.25) is 4.72 Å². The maximum absolute atomic E-state index is 12.7. The van der Waals surface area contributed by atoms with Crippen molar-refractivity contribution >= 4 is 31.6 Å². The van der Waals surface area contributed by atoms with E-state index in [1.807, 2.05) is 0 Å². The first kappa shape index (κ1) is 18.2. The predicted molar refractivity (Wildman–Crippen MR) is 99.4 cm³/mol. The Morgan fingerprint density at radius 2 is 1.88 bits per heavy atom. The lowest BCUT2D eigenvalue weighted by Crippen LogP contribution is -2.14. The summed E-state index contributed by atoms with van der Waals surface area (Å²) in [5.41, 5.74) is 0.322. The largest absolute Gasteiger partial charge is 0.493 e. The van der Waals surface area contributed by atoms with E-state index < -0.39 is 10.0 Å². The molecule has 0 amide bonds. The Bertz CT molecular complexity index is 1010. The van der Waals surface area contributed by atoms with E-state index in [9.17, 15) is 8.42 Å². The molecule has 0 bridgehead atoms. The van der Waals surface area contributed by atoms with Crippen LogP contribution in [0.4, 0.5) is 5.69 Å². The molecule has 1 aromatic carbocycles. The second kappa shape index (κ2) is 7.34. The first-order valence-electron chi connectivity index (χ1n) is 7.35. The van der Waals surface area contributed by atoms with E-state index in [1.54, 1.807) is 35.3 Å². The number of benzene rings is 1. The molecular weight excluding hydrogens is 424 g/mol. The van der Waals surface area contributed by atoms with Crippen molar-refractivity contribution in [3.63, 3.8) is 0 Å². The van der Waals surface area contributed by atoms with Crippen LogP contribution >= 0.6 is 15.9 Å². The SMILES string of the molecule is COc1cc(Br)c(S(=O)(=O)Nc2ccc(-n3cccn3)nc2)cc1OC. The van der Waals surface area contributed by atoms with Crippen LogP contribution in [0.3, 0.4) is 0 Å². The van der Waals surface area contributed by atoms with Gasteiger partial charge in [0.25, 0.3) is 10.0 Å². The highest BCUT2D eigenvalue weighted by Gasteiger charge is 2.21. The number of methoxy groups -OCH3 is 2. The summed E-state index contributed by atoms with van der Waals surface area (Å²) in [6, 6.07) is 7.96. The number of halogens is 1. The second-order valence-electron chi connectivity index (χ2n) is 5.10. The van der Waals surface area contributed by atoms with Crippen molar-refractivity contribution in [2.75, 3.05) is 18.9 Å². The molecule has 0 saturated heterocycles. The molecule has 0 aliphatic heterocycles. The summed E-state index contributed by atoms with van der Waals surface area (Å²) < 4.78 is 40.2. The minimum Gasteiger partial charge on any atom is -0.493 e. The van der Waals surface area contributed by atoms with Gasteiger partial charge in [0.15, 0.2) is 17.3 Å². The van der Waals surface area contributed by atoms with Crippen molar-refractivity contribution in [2.24, 2.45) is 0 Å². The lowest BCUT2D eigenvalue weighted by Gasteiger charge is -2.13. The van der Waals surface area contributed by atoms with Gasteiger partial charge < -0.3 is 9.47 Å². The van der Waals surface area contributed by atoms with Crippen LogP contribution in [-0.2, 0) is 10.0 Å². The Morgan fingerprint density at radius 1 is 1.15 bits per heavy atom. The predicted octanol–water partition coefficient (Wildman–Crippen LogP) is 2.85. The molecule has 2 heterocycles. The van der Waals surface area contributed by atoms with Gasteiger partial charge in [-0.1, -0.05) is 0 Å². The third-order valence-electron chi connectivity index (χ3n) is 3.47. The summed E-state index contributed by atoms with van der Waals surface area (Å²) in [6.45, 7) is 0. The third kappa shape index (κ3) is 3.65. The zero-order valence-electron chi connectivity index (χ0n) is 13.9. The molecule has 0 fully saturated rings. The average molecular weight is 439 g/mol. The zero-order chi connectivity index (χ0) is 18.7. The van der Waals surface area contributed by atoms with Gasteiger partial charge in [-0.2, -0.15) is 5.10 Å². The fourth-order valence-electron chi connectivity index (χ4n) is 2.24. The van der Waals surface area contributed by atoms with Crippen molar-refractivity contribution in [1.29, 1.82) is 0 Å². The topological polar surface area (TPSA) is 95.3 Å². The number of aromatic nitrogens is 3. The first-order chi connectivity index (χ1) is 12.4. The number of sulfonamides is 1. The average Bonchev–Trinajstić information content (AvgIpc) is 3.16. The maximum Gasteiger partial charge on any atom is 0.263 e. The van der Waals surface area contributed by atoms with Crippen LogP contribution in [0.2, 0.25) is 0 Å². The van der Waals surface area contributed by atoms with Gasteiger partial charge in [0.05, 0.1) is 26.1 Å². The van der Waals surface area contributed by atoms with Crippen LogP contribution in [-0.4, -0.2) is 37.4 Å². The third-order valence-corrected chi connectivity index (χ3v) is 5.81. The van der Waals surface area contributed by atoms with Gasteiger partial charge in [-0.25, -0.2) is 18.1 Å². The molecule has 136 valence electrons. The number of hydrogen-bond donors (Lipinski definition) is 1. The van der Waals surface area contributed by atoms with Crippen LogP contribution in [0.5, 0.6) is 11.5 Å². The summed E-state index contributed by atoms with van der Waals surface area (Å²) in [4.78, 5) is 4.22. The van der Waals surface area contributed by atoms with Crippen molar-refractivity contribution in [2.45, 2.75) is 4.90 Å². The van der Waals surface area contributed by atoms with E-state index in [-0.39, 0.29) is 4.90 Å². The highest BCUT2D eigenvalue weighted by atomic mass is 79.9. The number of nitrogens with one attached hydrogen (secondary N) is 1. The Morgan fingerprint density at radius 3 is 2.46 bits per heavy atom. The molecule has 8 nitrogen and oxygen atoms in total. The molecule has 3 rings (SSSR count). The number of nitrogens with zero attached hydrogens (tertiary/aromatic N) is 3. The number of hydrogen-bond acceptors (Lipinski definition) is 6. The Kier molecular flexibility index (Phi) is 5.14. The number of rotatable bonds is 6. The molecule has 0 aliphatic carbocycles. The fourth-order valence-corrected chi connectivity index (χ4v) is 4.32. The highest BCUT2D eigenvalue weighted by Crippen LogP contribution is 2.36. The molecule has 3 aromatic rings. The van der Waals surface area contributed by atoms with Crippen molar-refractivity contribution in [3.05, 3.63) is 53.4 Å². The summed E-state index contributed by atoms with van der Waals surface area (Å²) >= 11 is 3.26. The molecule has 26 heavy (non-hydrogen) atoms. The molecular formula is C16H15BrN4O4S. The van der Waals surface area contributed by atoms with Gasteiger partial charge in [0.2, 0.25) is 0 Å². The number of ether oxygens (including phenoxy) is 2. The second-order valence-corrected chi connectivity index (χ2v) is 7.60. The Labute approximate surface area is 159 Å². The van der Waals surface area contributed by atoms with Crippen molar-refractivity contribution in [3.8, 4) is 17.3 Å². The van der Waals surface area contributed by atoms with E-state index in [2.05, 4.69) is 30.7 Å². The van der Waals surface area contributed by atoms with Crippen molar-refractivity contribution in [1.82, 2.24) is 14.8 Å². The quantitative estimate of drug-likeness (QED) is 0.635. The van der Waals surface area contributed by atoms with E-state index in [0.29, 0.717) is 27.5 Å². The normalized spacial score (nSPS) is 11.2. The molecule has 10 heteroatoms. The number of anilines is 1. The molecule has 0 aliphatic rings. The Hall–Kier alpha value is -2.59. The summed E-state index contributed by atoms with van der Waals surface area (Å²) in [7, 11) is -0.949. The smallest absolute Gasteiger partial charge is 0.263 e. The zero-order valence-corrected chi connectivity index (χ0v) is 16.3. The first-order valence-corrected chi connectivity index (χ1v) is 9.62. The van der Waals surface area contributed by atoms with Gasteiger partial charge in [-0.05, 0) is 40.2 Å². The van der Waals surface area contributed by atoms with Crippen molar-refractivity contribution < 1.29 is 17.9 Å². The fraction of sp³-hybridized carbons (Fsp3) is 0.125. The highest BCUT2D eigenvalue weighted by molar-refractivity contribution is 9.10. The summed E-state index contributed by atoms with van der Waals surface area (Å²) in [6.07, 6.45) is 4.79. The lowest BCUT2D eigenvalue weighted by molar-refractivity contribution is 0.353. The van der Waals surface area contributed by atoms with Crippen LogP contribution in [0.15, 0.2) is 58.3 Å². The lowest BCUT2D eigenvalue weighted by atomic mass is 10.3. The van der Waals surface area contributed by atoms with Gasteiger partial charge in [0.1, 0.15) is 4.90 Å². The van der Waals surface area contributed by atoms with E-state index in [1.165, 1.54) is 32.5 Å². The van der Waals surface area contributed by atoms with Crippen LogP contribution in [0, 0.1) is 0 Å². The molecule has 0 unspecified atom stereocenters. The monoisotopic (exact) mass is 438 g/mol. The molecule has 0 saturated carbocycles. The van der Waals surface area contributed by atoms with Gasteiger partial charge in [-0.15, -0.1) is 0 Å². The standard InChI is InChI=1S/C16H15BrN4O4S/c1-24-13-8-12(17)15(9-14(13)25-2)26(22,23)20-11-4-5-16(18-10-11)21-7-3-6-19-21/h3-10,20H,1-2H3. The molecule has 0 spiro atoms.